The van der Waals surface area contributed by atoms with Gasteiger partial charge < -0.3 is 15.4 Å². The van der Waals surface area contributed by atoms with Gasteiger partial charge in [-0.3, -0.25) is 4.79 Å². The molecular weight excluding hydrogens is 292 g/mol. The maximum absolute atomic E-state index is 12.1. The van der Waals surface area contributed by atoms with E-state index in [4.69, 9.17) is 4.74 Å². The summed E-state index contributed by atoms with van der Waals surface area (Å²) < 4.78 is 5.57. The Morgan fingerprint density at radius 1 is 1.26 bits per heavy atom. The fourth-order valence-electron chi connectivity index (χ4n) is 1.94. The summed E-state index contributed by atoms with van der Waals surface area (Å²) in [4.78, 5) is 20.3. The lowest BCUT2D eigenvalue weighted by Gasteiger charge is -2.13. The van der Waals surface area contributed by atoms with E-state index in [9.17, 15) is 4.79 Å². The Kier molecular flexibility index (Phi) is 5.91. The molecule has 0 radical (unpaired) electrons. The maximum atomic E-state index is 12.1. The van der Waals surface area contributed by atoms with Crippen LogP contribution in [-0.4, -0.2) is 28.5 Å². The lowest BCUT2D eigenvalue weighted by molar-refractivity contribution is 0.0934. The maximum Gasteiger partial charge on any atom is 0.270 e. The van der Waals surface area contributed by atoms with E-state index in [1.54, 1.807) is 6.07 Å². The molecule has 0 fully saturated rings. The van der Waals surface area contributed by atoms with Gasteiger partial charge >= 0.3 is 0 Å². The molecule has 0 aliphatic heterocycles. The second-order valence-electron chi connectivity index (χ2n) is 5.13. The Bertz CT molecular complexity index is 661. The van der Waals surface area contributed by atoms with Crippen LogP contribution in [0.4, 0.5) is 11.5 Å². The van der Waals surface area contributed by atoms with Crippen LogP contribution >= 0.6 is 0 Å². The molecule has 0 aliphatic rings. The van der Waals surface area contributed by atoms with E-state index in [1.807, 2.05) is 45.0 Å². The second kappa shape index (κ2) is 8.12. The number of rotatable bonds is 7. The molecule has 0 bridgehead atoms. The quantitative estimate of drug-likeness (QED) is 0.821. The Labute approximate surface area is 136 Å². The summed E-state index contributed by atoms with van der Waals surface area (Å²) in [5.41, 5.74) is 1.12. The van der Waals surface area contributed by atoms with Gasteiger partial charge in [0, 0.05) is 12.1 Å². The Balaban J connectivity index is 2.16. The van der Waals surface area contributed by atoms with Gasteiger partial charge in [0.05, 0.1) is 12.3 Å². The van der Waals surface area contributed by atoms with Gasteiger partial charge in [-0.2, -0.15) is 0 Å². The van der Waals surface area contributed by atoms with Crippen molar-refractivity contribution in [1.29, 1.82) is 0 Å². The van der Waals surface area contributed by atoms with Crippen molar-refractivity contribution in [1.82, 2.24) is 15.3 Å². The third-order valence-corrected chi connectivity index (χ3v) is 3.34. The Morgan fingerprint density at radius 2 is 2.04 bits per heavy atom. The highest BCUT2D eigenvalue weighted by atomic mass is 16.5. The van der Waals surface area contributed by atoms with E-state index in [2.05, 4.69) is 20.6 Å². The predicted octanol–water partition coefficient (Wildman–Crippen LogP) is 3.15. The summed E-state index contributed by atoms with van der Waals surface area (Å²) >= 11 is 0. The minimum absolute atomic E-state index is 0.104. The molecule has 122 valence electrons. The van der Waals surface area contributed by atoms with Gasteiger partial charge in [0.15, 0.2) is 0 Å². The van der Waals surface area contributed by atoms with Crippen molar-refractivity contribution in [2.45, 2.75) is 33.2 Å². The molecule has 1 amide bonds. The molecule has 2 rings (SSSR count). The number of hydrogen-bond acceptors (Lipinski definition) is 5. The van der Waals surface area contributed by atoms with E-state index < -0.39 is 0 Å². The number of amides is 1. The predicted molar refractivity (Wildman–Crippen MR) is 90.1 cm³/mol. The molecule has 0 saturated carbocycles. The zero-order chi connectivity index (χ0) is 16.7. The molecular formula is C17H22N4O2. The van der Waals surface area contributed by atoms with E-state index in [0.29, 0.717) is 18.1 Å². The number of carbonyl (C=O) groups is 1. The molecule has 1 aromatic carbocycles. The molecule has 2 N–H and O–H groups in total. The van der Waals surface area contributed by atoms with Crippen molar-refractivity contribution < 1.29 is 9.53 Å². The molecule has 1 unspecified atom stereocenters. The van der Waals surface area contributed by atoms with E-state index in [0.717, 1.165) is 17.9 Å². The van der Waals surface area contributed by atoms with E-state index in [1.165, 1.54) is 6.33 Å². The highest BCUT2D eigenvalue weighted by Crippen LogP contribution is 2.26. The first-order valence-corrected chi connectivity index (χ1v) is 7.75. The number of para-hydroxylation sites is 2. The number of carbonyl (C=O) groups excluding carboxylic acids is 1. The lowest BCUT2D eigenvalue weighted by atomic mass is 10.2. The van der Waals surface area contributed by atoms with Crippen molar-refractivity contribution in [2.75, 3.05) is 11.9 Å². The van der Waals surface area contributed by atoms with Gasteiger partial charge in [0.2, 0.25) is 0 Å². The van der Waals surface area contributed by atoms with Crippen LogP contribution < -0.4 is 15.4 Å². The fraction of sp³-hybridized carbons (Fsp3) is 0.353. The molecule has 1 aromatic heterocycles. The average Bonchev–Trinajstić information content (AvgIpc) is 2.57. The van der Waals surface area contributed by atoms with Gasteiger partial charge in [-0.1, -0.05) is 19.1 Å². The highest BCUT2D eigenvalue weighted by molar-refractivity contribution is 5.93. The Hall–Kier alpha value is -2.63. The van der Waals surface area contributed by atoms with Crippen molar-refractivity contribution in [3.63, 3.8) is 0 Å². The molecule has 6 nitrogen and oxygen atoms in total. The fourth-order valence-corrected chi connectivity index (χ4v) is 1.94. The second-order valence-corrected chi connectivity index (χ2v) is 5.13. The van der Waals surface area contributed by atoms with Gasteiger partial charge in [0.25, 0.3) is 5.91 Å². The average molecular weight is 314 g/mol. The van der Waals surface area contributed by atoms with Crippen LogP contribution in [0.25, 0.3) is 0 Å². The third kappa shape index (κ3) is 4.67. The van der Waals surface area contributed by atoms with Gasteiger partial charge in [-0.25, -0.2) is 9.97 Å². The molecule has 0 aliphatic carbocycles. The smallest absolute Gasteiger partial charge is 0.270 e. The summed E-state index contributed by atoms with van der Waals surface area (Å²) in [6.45, 7) is 6.48. The summed E-state index contributed by atoms with van der Waals surface area (Å²) in [7, 11) is 0. The van der Waals surface area contributed by atoms with Crippen molar-refractivity contribution in [3.05, 3.63) is 42.4 Å². The molecule has 23 heavy (non-hydrogen) atoms. The topological polar surface area (TPSA) is 76.1 Å². The number of ether oxygens (including phenoxy) is 1. The molecule has 0 spiro atoms. The number of aromatic nitrogens is 2. The minimum Gasteiger partial charge on any atom is -0.492 e. The molecule has 6 heteroatoms. The zero-order valence-electron chi connectivity index (χ0n) is 13.7. The molecule has 1 atom stereocenters. The van der Waals surface area contributed by atoms with Crippen LogP contribution in [0.2, 0.25) is 0 Å². The number of nitrogens with zero attached hydrogens (tertiary/aromatic N) is 2. The minimum atomic E-state index is -0.206. The normalized spacial score (nSPS) is 11.6. The summed E-state index contributed by atoms with van der Waals surface area (Å²) in [6.07, 6.45) is 2.24. The van der Waals surface area contributed by atoms with Crippen LogP contribution in [0.5, 0.6) is 5.75 Å². The van der Waals surface area contributed by atoms with E-state index >= 15 is 0 Å². The van der Waals surface area contributed by atoms with E-state index in [-0.39, 0.29) is 11.9 Å². The third-order valence-electron chi connectivity index (χ3n) is 3.34. The molecule has 1 heterocycles. The standard InChI is InChI=1S/C17H22N4O2/c1-4-12(3)20-17(22)14-10-16(19-11-18-14)21-13-8-6-7-9-15(13)23-5-2/h6-12H,4-5H2,1-3H3,(H,20,22)(H,18,19,21). The first-order chi connectivity index (χ1) is 11.1. The van der Waals surface area contributed by atoms with Crippen LogP contribution in [0.15, 0.2) is 36.7 Å². The van der Waals surface area contributed by atoms with Crippen LogP contribution in [0.1, 0.15) is 37.7 Å². The molecule has 0 saturated heterocycles. The van der Waals surface area contributed by atoms with Crippen molar-refractivity contribution >= 4 is 17.4 Å². The zero-order valence-corrected chi connectivity index (χ0v) is 13.7. The van der Waals surface area contributed by atoms with Gasteiger partial charge in [0.1, 0.15) is 23.6 Å². The highest BCUT2D eigenvalue weighted by Gasteiger charge is 2.12. The first kappa shape index (κ1) is 16.7. The summed E-state index contributed by atoms with van der Waals surface area (Å²) in [6, 6.07) is 9.31. The first-order valence-electron chi connectivity index (χ1n) is 7.75. The number of anilines is 2. The summed E-state index contributed by atoms with van der Waals surface area (Å²) in [5.74, 6) is 1.07. The number of hydrogen-bond donors (Lipinski definition) is 2. The largest absolute Gasteiger partial charge is 0.492 e. The van der Waals surface area contributed by atoms with Crippen molar-refractivity contribution in [3.8, 4) is 5.75 Å². The summed E-state index contributed by atoms with van der Waals surface area (Å²) in [5, 5.41) is 6.05. The lowest BCUT2D eigenvalue weighted by Crippen LogP contribution is -2.32. The number of benzene rings is 1. The van der Waals surface area contributed by atoms with Gasteiger partial charge in [-0.05, 0) is 32.4 Å². The van der Waals surface area contributed by atoms with Crippen LogP contribution in [0, 0.1) is 0 Å². The number of nitrogens with one attached hydrogen (secondary N) is 2. The van der Waals surface area contributed by atoms with Crippen LogP contribution in [-0.2, 0) is 0 Å². The monoisotopic (exact) mass is 314 g/mol. The Morgan fingerprint density at radius 3 is 2.78 bits per heavy atom. The SMILES string of the molecule is CCOc1ccccc1Nc1cc(C(=O)NC(C)CC)ncn1. The van der Waals surface area contributed by atoms with Crippen LogP contribution in [0.3, 0.4) is 0 Å². The van der Waals surface area contributed by atoms with Crippen molar-refractivity contribution in [2.24, 2.45) is 0 Å². The van der Waals surface area contributed by atoms with Gasteiger partial charge in [-0.15, -0.1) is 0 Å². The molecule has 2 aromatic rings.